The SMILES string of the molecule is COc1ccc(C(=O)NCC(O)c2ccc(Cl)cc2)c(F)c1. The first-order valence-corrected chi connectivity index (χ1v) is 6.94. The van der Waals surface area contributed by atoms with Crippen LogP contribution in [0.3, 0.4) is 0 Å². The Morgan fingerprint density at radius 3 is 2.59 bits per heavy atom. The zero-order valence-corrected chi connectivity index (χ0v) is 12.6. The lowest BCUT2D eigenvalue weighted by atomic mass is 10.1. The molecule has 116 valence electrons. The molecule has 1 unspecified atom stereocenters. The number of aliphatic hydroxyl groups is 1. The summed E-state index contributed by atoms with van der Waals surface area (Å²) < 4.78 is 18.6. The van der Waals surface area contributed by atoms with E-state index in [0.717, 1.165) is 6.07 Å². The summed E-state index contributed by atoms with van der Waals surface area (Å²) >= 11 is 5.76. The normalized spacial score (nSPS) is 11.8. The first-order chi connectivity index (χ1) is 10.5. The maximum absolute atomic E-state index is 13.8. The molecule has 1 amide bonds. The van der Waals surface area contributed by atoms with E-state index in [0.29, 0.717) is 16.3 Å². The third-order valence-electron chi connectivity index (χ3n) is 3.13. The smallest absolute Gasteiger partial charge is 0.254 e. The molecule has 0 aliphatic carbocycles. The number of amides is 1. The quantitative estimate of drug-likeness (QED) is 0.889. The molecule has 0 saturated carbocycles. The van der Waals surface area contributed by atoms with Gasteiger partial charge >= 0.3 is 0 Å². The summed E-state index contributed by atoms with van der Waals surface area (Å²) in [6.07, 6.45) is -0.900. The van der Waals surface area contributed by atoms with Crippen molar-refractivity contribution in [2.45, 2.75) is 6.10 Å². The second-order valence-electron chi connectivity index (χ2n) is 4.62. The number of hydrogen-bond donors (Lipinski definition) is 2. The predicted molar refractivity (Wildman–Crippen MR) is 81.7 cm³/mol. The Morgan fingerprint density at radius 1 is 1.32 bits per heavy atom. The van der Waals surface area contributed by atoms with Gasteiger partial charge in [0.15, 0.2) is 0 Å². The Hall–Kier alpha value is -2.11. The fourth-order valence-corrected chi connectivity index (χ4v) is 2.02. The van der Waals surface area contributed by atoms with E-state index in [1.807, 2.05) is 0 Å². The van der Waals surface area contributed by atoms with Gasteiger partial charge in [-0.2, -0.15) is 0 Å². The summed E-state index contributed by atoms with van der Waals surface area (Å²) in [7, 11) is 1.41. The molecule has 0 heterocycles. The highest BCUT2D eigenvalue weighted by Crippen LogP contribution is 2.18. The Kier molecular flexibility index (Phi) is 5.35. The number of nitrogens with one attached hydrogen (secondary N) is 1. The van der Waals surface area contributed by atoms with Gasteiger partial charge in [0.25, 0.3) is 5.91 Å². The molecule has 0 aromatic heterocycles. The van der Waals surface area contributed by atoms with Crippen LogP contribution in [-0.2, 0) is 0 Å². The lowest BCUT2D eigenvalue weighted by Crippen LogP contribution is -2.29. The number of hydrogen-bond acceptors (Lipinski definition) is 3. The molecule has 0 fully saturated rings. The molecule has 0 aliphatic heterocycles. The van der Waals surface area contributed by atoms with Crippen LogP contribution in [0, 0.1) is 5.82 Å². The Morgan fingerprint density at radius 2 is 2.00 bits per heavy atom. The van der Waals surface area contributed by atoms with E-state index in [2.05, 4.69) is 5.32 Å². The number of carbonyl (C=O) groups is 1. The zero-order chi connectivity index (χ0) is 16.1. The van der Waals surface area contributed by atoms with Gasteiger partial charge in [0, 0.05) is 17.6 Å². The van der Waals surface area contributed by atoms with Gasteiger partial charge in [-0.1, -0.05) is 23.7 Å². The molecule has 22 heavy (non-hydrogen) atoms. The van der Waals surface area contributed by atoms with Crippen LogP contribution in [0.25, 0.3) is 0 Å². The van der Waals surface area contributed by atoms with Crippen molar-refractivity contribution in [2.24, 2.45) is 0 Å². The summed E-state index contributed by atoms with van der Waals surface area (Å²) in [6, 6.07) is 10.6. The van der Waals surface area contributed by atoms with Crippen LogP contribution in [-0.4, -0.2) is 24.7 Å². The standard InChI is InChI=1S/C16H15ClFNO3/c1-22-12-6-7-13(14(18)8-12)16(21)19-9-15(20)10-2-4-11(17)5-3-10/h2-8,15,20H,9H2,1H3,(H,19,21). The van der Waals surface area contributed by atoms with E-state index in [4.69, 9.17) is 16.3 Å². The van der Waals surface area contributed by atoms with E-state index < -0.39 is 17.8 Å². The van der Waals surface area contributed by atoms with Crippen LogP contribution >= 0.6 is 11.6 Å². The van der Waals surface area contributed by atoms with E-state index in [9.17, 15) is 14.3 Å². The van der Waals surface area contributed by atoms with Gasteiger partial charge in [-0.3, -0.25) is 4.79 Å². The van der Waals surface area contributed by atoms with E-state index in [1.165, 1.54) is 19.2 Å². The molecule has 2 N–H and O–H groups in total. The number of carbonyl (C=O) groups excluding carboxylic acids is 1. The van der Waals surface area contributed by atoms with Crippen LogP contribution in [0.2, 0.25) is 5.02 Å². The zero-order valence-electron chi connectivity index (χ0n) is 11.8. The Labute approximate surface area is 132 Å². The van der Waals surface area contributed by atoms with Crippen molar-refractivity contribution in [3.8, 4) is 5.75 Å². The van der Waals surface area contributed by atoms with E-state index in [1.54, 1.807) is 24.3 Å². The van der Waals surface area contributed by atoms with Crippen molar-refractivity contribution < 1.29 is 19.0 Å². The first kappa shape index (κ1) is 16.3. The second-order valence-corrected chi connectivity index (χ2v) is 5.06. The van der Waals surface area contributed by atoms with Crippen LogP contribution in [0.15, 0.2) is 42.5 Å². The number of halogens is 2. The third kappa shape index (κ3) is 3.96. The van der Waals surface area contributed by atoms with Crippen molar-refractivity contribution in [2.75, 3.05) is 13.7 Å². The van der Waals surface area contributed by atoms with Crippen molar-refractivity contribution >= 4 is 17.5 Å². The maximum Gasteiger partial charge on any atom is 0.254 e. The molecular formula is C16H15ClFNO3. The summed E-state index contributed by atoms with van der Waals surface area (Å²) in [5.41, 5.74) is 0.504. The lowest BCUT2D eigenvalue weighted by molar-refractivity contribution is 0.0912. The average Bonchev–Trinajstić information content (AvgIpc) is 2.52. The van der Waals surface area contributed by atoms with Crippen molar-refractivity contribution in [3.05, 3.63) is 64.4 Å². The van der Waals surface area contributed by atoms with Gasteiger partial charge < -0.3 is 15.2 Å². The second kappa shape index (κ2) is 7.24. The van der Waals surface area contributed by atoms with Crippen LogP contribution in [0.4, 0.5) is 4.39 Å². The van der Waals surface area contributed by atoms with Gasteiger partial charge in [0.05, 0.1) is 18.8 Å². The highest BCUT2D eigenvalue weighted by molar-refractivity contribution is 6.30. The molecule has 1 atom stereocenters. The monoisotopic (exact) mass is 323 g/mol. The van der Waals surface area contributed by atoms with Gasteiger partial charge in [-0.25, -0.2) is 4.39 Å². The summed E-state index contributed by atoms with van der Waals surface area (Å²) in [4.78, 5) is 11.9. The Bertz CT molecular complexity index is 661. The van der Waals surface area contributed by atoms with Crippen molar-refractivity contribution in [1.82, 2.24) is 5.32 Å². The van der Waals surface area contributed by atoms with Gasteiger partial charge in [0.1, 0.15) is 11.6 Å². The molecule has 0 radical (unpaired) electrons. The fraction of sp³-hybridized carbons (Fsp3) is 0.188. The number of methoxy groups -OCH3 is 1. The summed E-state index contributed by atoms with van der Waals surface area (Å²) in [5.74, 6) is -0.957. The number of benzene rings is 2. The van der Waals surface area contributed by atoms with Crippen molar-refractivity contribution in [1.29, 1.82) is 0 Å². The molecule has 0 bridgehead atoms. The van der Waals surface area contributed by atoms with Gasteiger partial charge in [0.2, 0.25) is 0 Å². The molecule has 4 nitrogen and oxygen atoms in total. The average molecular weight is 324 g/mol. The lowest BCUT2D eigenvalue weighted by Gasteiger charge is -2.13. The van der Waals surface area contributed by atoms with Crippen LogP contribution in [0.1, 0.15) is 22.0 Å². The molecule has 0 aliphatic rings. The number of ether oxygens (including phenoxy) is 1. The van der Waals surface area contributed by atoms with Gasteiger partial charge in [-0.05, 0) is 29.8 Å². The molecule has 0 saturated heterocycles. The molecule has 2 aromatic rings. The minimum atomic E-state index is -0.900. The largest absolute Gasteiger partial charge is 0.497 e. The molecule has 6 heteroatoms. The van der Waals surface area contributed by atoms with Crippen molar-refractivity contribution in [3.63, 3.8) is 0 Å². The van der Waals surface area contributed by atoms with Gasteiger partial charge in [-0.15, -0.1) is 0 Å². The third-order valence-corrected chi connectivity index (χ3v) is 3.38. The molecule has 0 spiro atoms. The first-order valence-electron chi connectivity index (χ1n) is 6.56. The minimum absolute atomic E-state index is 0.0358. The highest BCUT2D eigenvalue weighted by Gasteiger charge is 2.14. The summed E-state index contributed by atoms with van der Waals surface area (Å²) in [5, 5.41) is 13.0. The molecular weight excluding hydrogens is 309 g/mol. The van der Waals surface area contributed by atoms with Crippen LogP contribution < -0.4 is 10.1 Å². The maximum atomic E-state index is 13.8. The minimum Gasteiger partial charge on any atom is -0.497 e. The van der Waals surface area contributed by atoms with E-state index >= 15 is 0 Å². The molecule has 2 aromatic carbocycles. The van der Waals surface area contributed by atoms with E-state index in [-0.39, 0.29) is 12.1 Å². The van der Waals surface area contributed by atoms with Crippen LogP contribution in [0.5, 0.6) is 5.75 Å². The topological polar surface area (TPSA) is 58.6 Å². The number of aliphatic hydroxyl groups excluding tert-OH is 1. The molecule has 2 rings (SSSR count). The summed E-state index contributed by atoms with van der Waals surface area (Å²) in [6.45, 7) is -0.0358. The predicted octanol–water partition coefficient (Wildman–Crippen LogP) is 2.95. The number of rotatable bonds is 5. The highest BCUT2D eigenvalue weighted by atomic mass is 35.5. The fourth-order valence-electron chi connectivity index (χ4n) is 1.89. The Balaban J connectivity index is 1.99.